The predicted octanol–water partition coefficient (Wildman–Crippen LogP) is 3.74. The van der Waals surface area contributed by atoms with Gasteiger partial charge in [-0.15, -0.1) is 10.2 Å². The van der Waals surface area contributed by atoms with E-state index in [1.54, 1.807) is 0 Å². The van der Waals surface area contributed by atoms with E-state index in [9.17, 15) is 4.79 Å². The van der Waals surface area contributed by atoms with Gasteiger partial charge in [0.2, 0.25) is 5.91 Å². The Bertz CT molecular complexity index is 938. The Hall–Kier alpha value is -2.41. The first-order valence-corrected chi connectivity index (χ1v) is 9.96. The van der Waals surface area contributed by atoms with Gasteiger partial charge in [-0.3, -0.25) is 9.20 Å². The van der Waals surface area contributed by atoms with Crippen molar-refractivity contribution in [1.29, 1.82) is 0 Å². The SMILES string of the molecule is Cc1cc2nnc(S[C@H](C(=O)N[C@H](C)c3ccccc3)C(C)C)n2c(C)n1. The summed E-state index contributed by atoms with van der Waals surface area (Å²) < 4.78 is 1.90. The number of carbonyl (C=O) groups is 1. The van der Waals surface area contributed by atoms with E-state index in [2.05, 4.69) is 20.5 Å². The number of amides is 1. The molecule has 1 aromatic carbocycles. The first-order chi connectivity index (χ1) is 12.9. The van der Waals surface area contributed by atoms with E-state index in [1.165, 1.54) is 11.8 Å². The molecule has 0 fully saturated rings. The molecule has 0 saturated carbocycles. The van der Waals surface area contributed by atoms with Gasteiger partial charge >= 0.3 is 0 Å². The Labute approximate surface area is 163 Å². The molecule has 1 amide bonds. The van der Waals surface area contributed by atoms with E-state index in [1.807, 2.05) is 75.4 Å². The van der Waals surface area contributed by atoms with Crippen LogP contribution in [0.4, 0.5) is 0 Å². The highest BCUT2D eigenvalue weighted by molar-refractivity contribution is 8.00. The Balaban J connectivity index is 1.81. The molecule has 2 heterocycles. The molecule has 6 nitrogen and oxygen atoms in total. The lowest BCUT2D eigenvalue weighted by Gasteiger charge is -2.22. The third kappa shape index (κ3) is 4.30. The lowest BCUT2D eigenvalue weighted by Crippen LogP contribution is -2.37. The van der Waals surface area contributed by atoms with Gasteiger partial charge in [0.1, 0.15) is 5.82 Å². The number of benzene rings is 1. The molecule has 0 aliphatic carbocycles. The molecule has 0 aliphatic heterocycles. The fraction of sp³-hybridized carbons (Fsp3) is 0.400. The van der Waals surface area contributed by atoms with Gasteiger partial charge in [0.05, 0.1) is 11.3 Å². The van der Waals surface area contributed by atoms with Gasteiger partial charge in [-0.2, -0.15) is 0 Å². The Kier molecular flexibility index (Phi) is 5.79. The molecule has 0 saturated heterocycles. The number of hydrogen-bond donors (Lipinski definition) is 1. The quantitative estimate of drug-likeness (QED) is 0.657. The molecule has 0 radical (unpaired) electrons. The number of carbonyl (C=O) groups excluding carboxylic acids is 1. The van der Waals surface area contributed by atoms with Crippen molar-refractivity contribution < 1.29 is 4.79 Å². The molecular formula is C20H25N5OS. The van der Waals surface area contributed by atoms with E-state index >= 15 is 0 Å². The standard InChI is InChI=1S/C20H25N5OS/c1-12(2)18(19(26)22-14(4)16-9-7-6-8-10-16)27-20-24-23-17-11-13(3)21-15(5)25(17)20/h6-12,14,18H,1-5H3,(H,22,26)/t14-,18+/m1/s1. The van der Waals surface area contributed by atoms with Crippen molar-refractivity contribution >= 4 is 23.3 Å². The third-order valence-electron chi connectivity index (χ3n) is 4.41. The minimum Gasteiger partial charge on any atom is -0.349 e. The van der Waals surface area contributed by atoms with Crippen molar-refractivity contribution in [2.75, 3.05) is 0 Å². The first-order valence-electron chi connectivity index (χ1n) is 9.08. The van der Waals surface area contributed by atoms with Gasteiger partial charge in [0, 0.05) is 11.8 Å². The maximum atomic E-state index is 13.0. The molecule has 3 rings (SSSR count). The van der Waals surface area contributed by atoms with Crippen LogP contribution in [0, 0.1) is 19.8 Å². The lowest BCUT2D eigenvalue weighted by atomic mass is 10.1. The van der Waals surface area contributed by atoms with Crippen LogP contribution in [0.2, 0.25) is 0 Å². The van der Waals surface area contributed by atoms with Crippen LogP contribution in [0.15, 0.2) is 41.6 Å². The molecule has 1 N–H and O–H groups in total. The fourth-order valence-electron chi connectivity index (χ4n) is 3.01. The van der Waals surface area contributed by atoms with Gasteiger partial charge in [-0.1, -0.05) is 55.9 Å². The van der Waals surface area contributed by atoms with Crippen LogP contribution < -0.4 is 5.32 Å². The Morgan fingerprint density at radius 2 is 1.81 bits per heavy atom. The van der Waals surface area contributed by atoms with Crippen LogP contribution in [-0.4, -0.2) is 30.7 Å². The summed E-state index contributed by atoms with van der Waals surface area (Å²) in [6, 6.07) is 11.8. The molecule has 0 spiro atoms. The van der Waals surface area contributed by atoms with Crippen molar-refractivity contribution in [2.24, 2.45) is 5.92 Å². The maximum absolute atomic E-state index is 13.0. The van der Waals surface area contributed by atoms with Gasteiger partial charge < -0.3 is 5.32 Å². The van der Waals surface area contributed by atoms with Crippen LogP contribution in [-0.2, 0) is 4.79 Å². The molecular weight excluding hydrogens is 358 g/mol. The van der Waals surface area contributed by atoms with Gasteiger partial charge in [0.15, 0.2) is 10.8 Å². The molecule has 0 unspecified atom stereocenters. The van der Waals surface area contributed by atoms with Crippen molar-refractivity contribution in [3.05, 3.63) is 53.5 Å². The smallest absolute Gasteiger partial charge is 0.234 e. The van der Waals surface area contributed by atoms with Gasteiger partial charge in [0.25, 0.3) is 0 Å². The number of fused-ring (bicyclic) bond motifs is 1. The highest BCUT2D eigenvalue weighted by Crippen LogP contribution is 2.29. The topological polar surface area (TPSA) is 72.2 Å². The maximum Gasteiger partial charge on any atom is 0.234 e. The summed E-state index contributed by atoms with van der Waals surface area (Å²) >= 11 is 1.44. The average Bonchev–Trinajstić information content (AvgIpc) is 3.02. The predicted molar refractivity (Wildman–Crippen MR) is 108 cm³/mol. The fourth-order valence-corrected chi connectivity index (χ4v) is 4.10. The molecule has 7 heteroatoms. The van der Waals surface area contributed by atoms with E-state index in [4.69, 9.17) is 0 Å². The highest BCUT2D eigenvalue weighted by atomic mass is 32.2. The zero-order valence-electron chi connectivity index (χ0n) is 16.3. The number of rotatable bonds is 6. The van der Waals surface area contributed by atoms with Crippen molar-refractivity contribution in [3.8, 4) is 0 Å². The summed E-state index contributed by atoms with van der Waals surface area (Å²) in [5.41, 5.74) is 2.74. The number of nitrogens with zero attached hydrogens (tertiary/aromatic N) is 4. The number of aromatic nitrogens is 4. The van der Waals surface area contributed by atoms with Crippen LogP contribution in [0.1, 0.15) is 43.9 Å². The van der Waals surface area contributed by atoms with Crippen LogP contribution in [0.3, 0.4) is 0 Å². The molecule has 0 aliphatic rings. The van der Waals surface area contributed by atoms with Gasteiger partial charge in [-0.25, -0.2) is 4.98 Å². The van der Waals surface area contributed by atoms with Crippen molar-refractivity contribution in [2.45, 2.75) is 51.1 Å². The minimum atomic E-state index is -0.274. The number of nitrogens with one attached hydrogen (secondary N) is 1. The van der Waals surface area contributed by atoms with Crippen molar-refractivity contribution in [1.82, 2.24) is 24.9 Å². The summed E-state index contributed by atoms with van der Waals surface area (Å²) in [6.07, 6.45) is 0. The zero-order valence-corrected chi connectivity index (χ0v) is 17.1. The normalized spacial score (nSPS) is 13.7. The average molecular weight is 384 g/mol. The van der Waals surface area contributed by atoms with Crippen LogP contribution in [0.25, 0.3) is 5.65 Å². The van der Waals surface area contributed by atoms with E-state index in [-0.39, 0.29) is 23.1 Å². The largest absolute Gasteiger partial charge is 0.349 e. The van der Waals surface area contributed by atoms with E-state index in [0.29, 0.717) is 5.16 Å². The first kappa shape index (κ1) is 19.4. The summed E-state index contributed by atoms with van der Waals surface area (Å²) in [6.45, 7) is 9.95. The molecule has 0 bridgehead atoms. The molecule has 2 atom stereocenters. The highest BCUT2D eigenvalue weighted by Gasteiger charge is 2.27. The zero-order chi connectivity index (χ0) is 19.6. The molecule has 2 aromatic heterocycles. The molecule has 3 aromatic rings. The number of aryl methyl sites for hydroxylation is 2. The number of thioether (sulfide) groups is 1. The Morgan fingerprint density at radius 1 is 1.11 bits per heavy atom. The lowest BCUT2D eigenvalue weighted by molar-refractivity contribution is -0.121. The monoisotopic (exact) mass is 383 g/mol. The summed E-state index contributed by atoms with van der Waals surface area (Å²) in [4.78, 5) is 17.5. The van der Waals surface area contributed by atoms with Crippen LogP contribution >= 0.6 is 11.8 Å². The van der Waals surface area contributed by atoms with Crippen LogP contribution in [0.5, 0.6) is 0 Å². The molecule has 27 heavy (non-hydrogen) atoms. The molecule has 142 valence electrons. The second-order valence-corrected chi connectivity index (χ2v) is 8.15. The Morgan fingerprint density at radius 3 is 2.48 bits per heavy atom. The minimum absolute atomic E-state index is 0.000766. The summed E-state index contributed by atoms with van der Waals surface area (Å²) in [5.74, 6) is 0.961. The second kappa shape index (κ2) is 8.08. The van der Waals surface area contributed by atoms with Crippen molar-refractivity contribution in [3.63, 3.8) is 0 Å². The van der Waals surface area contributed by atoms with Gasteiger partial charge in [-0.05, 0) is 32.3 Å². The third-order valence-corrected chi connectivity index (χ3v) is 5.90. The summed E-state index contributed by atoms with van der Waals surface area (Å²) in [7, 11) is 0. The van der Waals surface area contributed by atoms with E-state index in [0.717, 1.165) is 22.7 Å². The second-order valence-electron chi connectivity index (χ2n) is 7.04. The summed E-state index contributed by atoms with van der Waals surface area (Å²) in [5, 5.41) is 12.1. The van der Waals surface area contributed by atoms with E-state index < -0.39 is 0 Å². The number of hydrogen-bond acceptors (Lipinski definition) is 5.